The number of unbranched alkanes of at least 4 members (excludes halogenated alkanes) is 14. The molecule has 2 unspecified atom stereocenters. The second-order valence-corrected chi connectivity index (χ2v) is 15.6. The fraction of sp³-hybridized carbons (Fsp3) is 0.723. The van der Waals surface area contributed by atoms with Crippen LogP contribution in [0.5, 0.6) is 0 Å². The highest BCUT2D eigenvalue weighted by Gasteiger charge is 2.21. The molecule has 9 heteroatoms. The maximum Gasteiger partial charge on any atom is 0.306 e. The maximum atomic E-state index is 12.7. The Labute approximate surface area is 342 Å². The lowest BCUT2D eigenvalue weighted by atomic mass is 10.1. The topological polar surface area (TPSA) is 111 Å². The first kappa shape index (κ1) is 53.0. The van der Waals surface area contributed by atoms with Crippen LogP contribution in [0.1, 0.15) is 162 Å². The van der Waals surface area contributed by atoms with Gasteiger partial charge in [-0.05, 0) is 77.0 Å². The third kappa shape index (κ3) is 39.2. The van der Waals surface area contributed by atoms with E-state index < -0.39 is 24.3 Å². The van der Waals surface area contributed by atoms with Gasteiger partial charge in [0.25, 0.3) is 0 Å². The number of carboxylic acids is 1. The first-order chi connectivity index (χ1) is 27.1. The van der Waals surface area contributed by atoms with Crippen molar-refractivity contribution in [2.75, 3.05) is 47.5 Å². The Bertz CT molecular complexity index is 1100. The monoisotopic (exact) mass is 788 g/mol. The summed E-state index contributed by atoms with van der Waals surface area (Å²) < 4.78 is 22.5. The Morgan fingerprint density at radius 3 is 1.54 bits per heavy atom. The van der Waals surface area contributed by atoms with E-state index in [1.807, 2.05) is 21.1 Å². The molecule has 0 aliphatic carbocycles. The standard InChI is InChI=1S/C47H81NO8/c1-6-8-10-12-14-16-18-20-22-23-24-26-28-30-32-34-36-38-45(50)56-43(42-55-47(46(51)52)53-40-39-48(3,4)5)41-54-44(49)37-35-33-31-29-27-25-21-19-17-15-13-11-9-7-2/h8,10,14,16,19-22,24,26,43,47H,6-7,9,11-13,15,17-18,23,25,27-42H2,1-5H3/b10-8-,16-14-,21-19-,22-20-,26-24-. The number of ether oxygens (including phenoxy) is 4. The molecule has 322 valence electrons. The molecule has 0 radical (unpaired) electrons. The number of quaternary nitrogens is 1. The van der Waals surface area contributed by atoms with Crippen molar-refractivity contribution in [3.8, 4) is 0 Å². The lowest BCUT2D eigenvalue weighted by molar-refractivity contribution is -0.870. The van der Waals surface area contributed by atoms with Crippen LogP contribution in [0, 0.1) is 0 Å². The minimum Gasteiger partial charge on any atom is -0.545 e. The van der Waals surface area contributed by atoms with Gasteiger partial charge in [-0.3, -0.25) is 9.59 Å². The molecule has 0 aromatic carbocycles. The summed E-state index contributed by atoms with van der Waals surface area (Å²) >= 11 is 0. The molecule has 9 nitrogen and oxygen atoms in total. The summed E-state index contributed by atoms with van der Waals surface area (Å²) in [5.74, 6) is -2.34. The van der Waals surface area contributed by atoms with Crippen LogP contribution in [0.2, 0.25) is 0 Å². The van der Waals surface area contributed by atoms with Crippen LogP contribution in [0.15, 0.2) is 60.8 Å². The molecule has 0 heterocycles. The van der Waals surface area contributed by atoms with Crippen LogP contribution in [-0.4, -0.2) is 82.3 Å². The molecule has 0 saturated carbocycles. The quantitative estimate of drug-likeness (QED) is 0.0199. The fourth-order valence-electron chi connectivity index (χ4n) is 5.58. The summed E-state index contributed by atoms with van der Waals surface area (Å²) in [6, 6.07) is 0. The van der Waals surface area contributed by atoms with Gasteiger partial charge in [-0.15, -0.1) is 0 Å². The molecular formula is C47H81NO8. The summed E-state index contributed by atoms with van der Waals surface area (Å²) in [6.07, 6.45) is 42.5. The third-order valence-electron chi connectivity index (χ3n) is 9.00. The number of allylic oxidation sites excluding steroid dienone is 10. The molecule has 0 spiro atoms. The predicted molar refractivity (Wildman–Crippen MR) is 228 cm³/mol. The minimum atomic E-state index is -1.63. The summed E-state index contributed by atoms with van der Waals surface area (Å²) in [4.78, 5) is 36.9. The van der Waals surface area contributed by atoms with Crippen molar-refractivity contribution in [2.24, 2.45) is 0 Å². The van der Waals surface area contributed by atoms with Crippen LogP contribution in [-0.2, 0) is 33.3 Å². The molecule has 2 atom stereocenters. The van der Waals surface area contributed by atoms with Crippen LogP contribution in [0.3, 0.4) is 0 Å². The number of likely N-dealkylation sites (N-methyl/N-ethyl adjacent to an activating group) is 1. The predicted octanol–water partition coefficient (Wildman–Crippen LogP) is 10.0. The molecule has 0 bridgehead atoms. The fourth-order valence-corrected chi connectivity index (χ4v) is 5.58. The SMILES string of the molecule is CC/C=C\C/C=C\C/C=C\C/C=C\CCCCCCC(=O)OC(COC(=O)CCCCCCC/C=C\CCCCCCC)COC(OCC[N+](C)(C)C)C(=O)[O-]. The molecule has 0 N–H and O–H groups in total. The highest BCUT2D eigenvalue weighted by molar-refractivity contribution is 5.70. The second-order valence-electron chi connectivity index (χ2n) is 15.6. The third-order valence-corrected chi connectivity index (χ3v) is 9.00. The molecule has 0 aromatic rings. The summed E-state index contributed by atoms with van der Waals surface area (Å²) in [5.41, 5.74) is 0. The van der Waals surface area contributed by atoms with Crippen molar-refractivity contribution in [3.63, 3.8) is 0 Å². The zero-order valence-corrected chi connectivity index (χ0v) is 36.2. The van der Waals surface area contributed by atoms with Crippen LogP contribution in [0.4, 0.5) is 0 Å². The highest BCUT2D eigenvalue weighted by Crippen LogP contribution is 2.12. The van der Waals surface area contributed by atoms with Gasteiger partial charge < -0.3 is 33.3 Å². The first-order valence-corrected chi connectivity index (χ1v) is 21.9. The molecule has 0 aliphatic heterocycles. The van der Waals surface area contributed by atoms with Crippen molar-refractivity contribution in [1.29, 1.82) is 0 Å². The van der Waals surface area contributed by atoms with Crippen molar-refractivity contribution in [2.45, 2.75) is 174 Å². The van der Waals surface area contributed by atoms with Gasteiger partial charge in [-0.1, -0.05) is 132 Å². The summed E-state index contributed by atoms with van der Waals surface area (Å²) in [5, 5.41) is 11.7. The Balaban J connectivity index is 4.53. The highest BCUT2D eigenvalue weighted by atomic mass is 16.7. The molecule has 56 heavy (non-hydrogen) atoms. The number of esters is 2. The average Bonchev–Trinajstić information content (AvgIpc) is 3.15. The van der Waals surface area contributed by atoms with Gasteiger partial charge in [0.2, 0.25) is 0 Å². The van der Waals surface area contributed by atoms with Gasteiger partial charge in [-0.2, -0.15) is 0 Å². The van der Waals surface area contributed by atoms with Crippen LogP contribution < -0.4 is 5.11 Å². The molecule has 0 rings (SSSR count). The lowest BCUT2D eigenvalue weighted by Gasteiger charge is -2.26. The zero-order valence-electron chi connectivity index (χ0n) is 36.2. The van der Waals surface area contributed by atoms with Crippen LogP contribution >= 0.6 is 0 Å². The number of nitrogens with zero attached hydrogens (tertiary/aromatic N) is 1. The molecule has 0 amide bonds. The maximum absolute atomic E-state index is 12.7. The Hall–Kier alpha value is -3.01. The van der Waals surface area contributed by atoms with Crippen molar-refractivity contribution < 1.29 is 42.9 Å². The minimum absolute atomic E-state index is 0.139. The number of carboxylic acid groups (broad SMARTS) is 1. The van der Waals surface area contributed by atoms with Crippen LogP contribution in [0.25, 0.3) is 0 Å². The normalized spacial score (nSPS) is 13.5. The molecule has 0 fully saturated rings. The second kappa shape index (κ2) is 38.8. The van der Waals surface area contributed by atoms with Gasteiger partial charge in [0.1, 0.15) is 13.2 Å². The van der Waals surface area contributed by atoms with Crippen molar-refractivity contribution in [1.82, 2.24) is 0 Å². The number of hydrogen-bond acceptors (Lipinski definition) is 8. The molecule has 0 aliphatic rings. The molecule has 0 aromatic heterocycles. The smallest absolute Gasteiger partial charge is 0.306 e. The number of rotatable bonds is 39. The molecule has 0 saturated heterocycles. The number of hydrogen-bond donors (Lipinski definition) is 0. The number of carbonyl (C=O) groups is 3. The van der Waals surface area contributed by atoms with E-state index in [9.17, 15) is 19.5 Å². The lowest BCUT2D eigenvalue weighted by Crippen LogP contribution is -2.44. The first-order valence-electron chi connectivity index (χ1n) is 21.9. The van der Waals surface area contributed by atoms with Crippen molar-refractivity contribution in [3.05, 3.63) is 60.8 Å². The van der Waals surface area contributed by atoms with Gasteiger partial charge in [0.05, 0.1) is 40.3 Å². The van der Waals surface area contributed by atoms with Gasteiger partial charge in [0, 0.05) is 12.8 Å². The number of aliphatic carboxylic acids is 1. The summed E-state index contributed by atoms with van der Waals surface area (Å²) in [7, 11) is 5.89. The Morgan fingerprint density at radius 2 is 1.02 bits per heavy atom. The van der Waals surface area contributed by atoms with E-state index in [2.05, 4.69) is 74.6 Å². The van der Waals surface area contributed by atoms with Gasteiger partial charge in [-0.25, -0.2) is 0 Å². The Morgan fingerprint density at radius 1 is 0.554 bits per heavy atom. The van der Waals surface area contributed by atoms with E-state index in [0.717, 1.165) is 89.9 Å². The van der Waals surface area contributed by atoms with Gasteiger partial charge in [0.15, 0.2) is 12.4 Å². The Kier molecular flexibility index (Phi) is 36.8. The van der Waals surface area contributed by atoms with E-state index in [1.54, 1.807) is 0 Å². The van der Waals surface area contributed by atoms with E-state index in [0.29, 0.717) is 17.4 Å². The van der Waals surface area contributed by atoms with Gasteiger partial charge >= 0.3 is 11.9 Å². The average molecular weight is 788 g/mol. The van der Waals surface area contributed by atoms with Crippen molar-refractivity contribution >= 4 is 17.9 Å². The number of carbonyl (C=O) groups excluding carboxylic acids is 3. The van der Waals surface area contributed by atoms with E-state index in [-0.39, 0.29) is 38.6 Å². The molecular weight excluding hydrogens is 707 g/mol. The summed E-state index contributed by atoms with van der Waals surface area (Å²) in [6.45, 7) is 4.56. The largest absolute Gasteiger partial charge is 0.545 e. The van der Waals surface area contributed by atoms with E-state index in [4.69, 9.17) is 18.9 Å². The zero-order chi connectivity index (χ0) is 41.4. The van der Waals surface area contributed by atoms with E-state index >= 15 is 0 Å². The van der Waals surface area contributed by atoms with E-state index in [1.165, 1.54) is 38.5 Å².